The lowest BCUT2D eigenvalue weighted by molar-refractivity contribution is 0.0601. The Bertz CT molecular complexity index is 1200. The van der Waals surface area contributed by atoms with Crippen molar-refractivity contribution in [2.24, 2.45) is 0 Å². The minimum atomic E-state index is -0.900. The molecule has 8 heteroatoms. The molecule has 1 heterocycles. The van der Waals surface area contributed by atoms with E-state index in [0.717, 1.165) is 23.4 Å². The van der Waals surface area contributed by atoms with Crippen molar-refractivity contribution in [1.82, 2.24) is 4.98 Å². The van der Waals surface area contributed by atoms with Crippen molar-refractivity contribution in [2.75, 3.05) is 19.5 Å². The van der Waals surface area contributed by atoms with Crippen LogP contribution in [-0.2, 0) is 4.74 Å². The summed E-state index contributed by atoms with van der Waals surface area (Å²) in [6.45, 7) is 0. The number of hydrogen-bond donors (Lipinski definition) is 2. The fourth-order valence-electron chi connectivity index (χ4n) is 3.22. The van der Waals surface area contributed by atoms with Gasteiger partial charge in [-0.15, -0.1) is 12.4 Å². The summed E-state index contributed by atoms with van der Waals surface area (Å²) in [6.07, 6.45) is 0. The molecule has 5 nitrogen and oxygen atoms in total. The zero-order chi connectivity index (χ0) is 21.3. The molecule has 0 bridgehead atoms. The van der Waals surface area contributed by atoms with Crippen LogP contribution in [-0.4, -0.2) is 25.2 Å². The van der Waals surface area contributed by atoms with Gasteiger partial charge < -0.3 is 19.8 Å². The summed E-state index contributed by atoms with van der Waals surface area (Å²) in [5.74, 6) is -1.58. The van der Waals surface area contributed by atoms with Crippen molar-refractivity contribution in [3.63, 3.8) is 0 Å². The van der Waals surface area contributed by atoms with Crippen molar-refractivity contribution in [2.45, 2.75) is 0 Å². The maximum absolute atomic E-state index is 13.5. The molecule has 0 fully saturated rings. The first kappa shape index (κ1) is 22.1. The fourth-order valence-corrected chi connectivity index (χ4v) is 3.22. The molecular weight excluding hydrogens is 426 g/mol. The van der Waals surface area contributed by atoms with Crippen molar-refractivity contribution >= 4 is 40.7 Å². The van der Waals surface area contributed by atoms with E-state index in [0.29, 0.717) is 33.6 Å². The van der Waals surface area contributed by atoms with Crippen LogP contribution in [0, 0.1) is 11.6 Å². The largest absolute Gasteiger partial charge is 0.495 e. The van der Waals surface area contributed by atoms with Gasteiger partial charge in [-0.3, -0.25) is 0 Å². The van der Waals surface area contributed by atoms with E-state index in [4.69, 9.17) is 9.47 Å². The number of fused-ring (bicyclic) bond motifs is 1. The number of carbonyl (C=O) groups is 1. The number of methoxy groups -OCH3 is 2. The van der Waals surface area contributed by atoms with Crippen LogP contribution in [0.15, 0.2) is 60.7 Å². The summed E-state index contributed by atoms with van der Waals surface area (Å²) in [6, 6.07) is 16.4. The third-order valence-corrected chi connectivity index (χ3v) is 4.76. The minimum absolute atomic E-state index is 0. The van der Waals surface area contributed by atoms with Crippen LogP contribution in [0.25, 0.3) is 22.2 Å². The van der Waals surface area contributed by atoms with E-state index in [9.17, 15) is 13.6 Å². The second kappa shape index (κ2) is 9.06. The number of esters is 1. The Morgan fingerprint density at radius 1 is 0.935 bits per heavy atom. The number of ether oxygens (including phenoxy) is 2. The van der Waals surface area contributed by atoms with E-state index in [2.05, 4.69) is 10.3 Å². The maximum Gasteiger partial charge on any atom is 0.337 e. The molecule has 4 rings (SSSR count). The molecule has 0 amide bonds. The Labute approximate surface area is 183 Å². The molecule has 0 aliphatic heterocycles. The van der Waals surface area contributed by atoms with Crippen LogP contribution in [0.2, 0.25) is 0 Å². The van der Waals surface area contributed by atoms with E-state index < -0.39 is 17.6 Å². The molecule has 0 saturated heterocycles. The molecular formula is C23H19ClF2N2O3. The van der Waals surface area contributed by atoms with Crippen LogP contribution in [0.5, 0.6) is 5.75 Å². The normalized spacial score (nSPS) is 10.5. The van der Waals surface area contributed by atoms with Gasteiger partial charge in [0.1, 0.15) is 5.75 Å². The number of nitrogens with one attached hydrogen (secondary N) is 2. The van der Waals surface area contributed by atoms with Crippen molar-refractivity contribution in [3.8, 4) is 17.0 Å². The van der Waals surface area contributed by atoms with E-state index >= 15 is 0 Å². The molecule has 0 radical (unpaired) electrons. The van der Waals surface area contributed by atoms with Gasteiger partial charge in [0.05, 0.1) is 25.5 Å². The second-order valence-electron chi connectivity index (χ2n) is 6.65. The Morgan fingerprint density at radius 3 is 2.32 bits per heavy atom. The minimum Gasteiger partial charge on any atom is -0.495 e. The van der Waals surface area contributed by atoms with Gasteiger partial charge >= 0.3 is 5.97 Å². The molecule has 31 heavy (non-hydrogen) atoms. The number of anilines is 2. The maximum atomic E-state index is 13.5. The monoisotopic (exact) mass is 444 g/mol. The predicted octanol–water partition coefficient (Wildman–Crippen LogP) is 6.07. The van der Waals surface area contributed by atoms with E-state index in [1.165, 1.54) is 7.11 Å². The van der Waals surface area contributed by atoms with E-state index in [1.807, 2.05) is 12.1 Å². The van der Waals surface area contributed by atoms with Gasteiger partial charge in [-0.25, -0.2) is 13.6 Å². The average molecular weight is 445 g/mol. The van der Waals surface area contributed by atoms with Gasteiger partial charge in [-0.2, -0.15) is 0 Å². The van der Waals surface area contributed by atoms with Crippen LogP contribution in [0.1, 0.15) is 10.4 Å². The van der Waals surface area contributed by atoms with Gasteiger partial charge in [-0.1, -0.05) is 0 Å². The molecule has 0 atom stereocenters. The van der Waals surface area contributed by atoms with Gasteiger partial charge in [0.25, 0.3) is 0 Å². The van der Waals surface area contributed by atoms with E-state index in [-0.39, 0.29) is 12.4 Å². The Morgan fingerprint density at radius 2 is 1.65 bits per heavy atom. The summed E-state index contributed by atoms with van der Waals surface area (Å²) in [5, 5.41) is 3.84. The molecule has 0 aliphatic carbocycles. The molecule has 0 spiro atoms. The highest BCUT2D eigenvalue weighted by atomic mass is 35.5. The van der Waals surface area contributed by atoms with Gasteiger partial charge in [0, 0.05) is 33.9 Å². The fraction of sp³-hybridized carbons (Fsp3) is 0.0870. The molecule has 0 aliphatic rings. The first-order valence-electron chi connectivity index (χ1n) is 9.10. The molecule has 160 valence electrons. The molecule has 0 saturated carbocycles. The lowest BCUT2D eigenvalue weighted by Crippen LogP contribution is -2.01. The van der Waals surface area contributed by atoms with Crippen molar-refractivity contribution < 1.29 is 23.0 Å². The first-order valence-corrected chi connectivity index (χ1v) is 9.10. The Balaban J connectivity index is 0.00000272. The molecule has 3 aromatic carbocycles. The van der Waals surface area contributed by atoms with Crippen LogP contribution < -0.4 is 10.1 Å². The van der Waals surface area contributed by atoms with Crippen LogP contribution in [0.4, 0.5) is 20.2 Å². The lowest BCUT2D eigenvalue weighted by atomic mass is 10.1. The van der Waals surface area contributed by atoms with Crippen molar-refractivity contribution in [3.05, 3.63) is 77.9 Å². The number of rotatable bonds is 5. The van der Waals surface area contributed by atoms with Crippen LogP contribution in [0.3, 0.4) is 0 Å². The molecule has 2 N–H and O–H groups in total. The number of hydrogen-bond acceptors (Lipinski definition) is 4. The highest BCUT2D eigenvalue weighted by molar-refractivity contribution is 5.90. The van der Waals surface area contributed by atoms with Gasteiger partial charge in [0.15, 0.2) is 11.6 Å². The zero-order valence-corrected chi connectivity index (χ0v) is 17.5. The first-order chi connectivity index (χ1) is 14.5. The summed E-state index contributed by atoms with van der Waals surface area (Å²) < 4.78 is 37.2. The Hall–Kier alpha value is -3.58. The predicted molar refractivity (Wildman–Crippen MR) is 119 cm³/mol. The number of benzene rings is 3. The SMILES string of the molecule is COC(=O)c1ccc(Nc2cc(-c3cc4cc(F)c(F)cc4[nH]3)ccc2OC)cc1.Cl. The third kappa shape index (κ3) is 4.46. The van der Waals surface area contributed by atoms with E-state index in [1.54, 1.807) is 43.5 Å². The van der Waals surface area contributed by atoms with Gasteiger partial charge in [0.2, 0.25) is 0 Å². The quantitative estimate of drug-likeness (QED) is 0.366. The topological polar surface area (TPSA) is 63.3 Å². The number of halogens is 3. The lowest BCUT2D eigenvalue weighted by Gasteiger charge is -2.13. The average Bonchev–Trinajstić information content (AvgIpc) is 3.16. The molecule has 0 unspecified atom stereocenters. The number of aromatic amines is 1. The Kier molecular flexibility index (Phi) is 6.46. The summed E-state index contributed by atoms with van der Waals surface area (Å²) in [4.78, 5) is 14.7. The standard InChI is InChI=1S/C23H18F2N2O3.ClH/c1-29-22-8-5-14(19-11-15-9-17(24)18(25)12-20(15)27-19)10-21(22)26-16-6-3-13(4-7-16)23(28)30-2;/h3-12,26-27H,1-2H3;1H. The zero-order valence-electron chi connectivity index (χ0n) is 16.7. The van der Waals surface area contributed by atoms with Gasteiger partial charge in [-0.05, 0) is 54.6 Å². The third-order valence-electron chi connectivity index (χ3n) is 4.76. The van der Waals surface area contributed by atoms with Crippen LogP contribution >= 0.6 is 12.4 Å². The highest BCUT2D eigenvalue weighted by Gasteiger charge is 2.12. The smallest absolute Gasteiger partial charge is 0.337 e. The number of carbonyl (C=O) groups excluding carboxylic acids is 1. The molecule has 1 aromatic heterocycles. The highest BCUT2D eigenvalue weighted by Crippen LogP contribution is 2.34. The number of aromatic nitrogens is 1. The second-order valence-corrected chi connectivity index (χ2v) is 6.65. The summed E-state index contributed by atoms with van der Waals surface area (Å²) in [5.41, 5.74) is 3.91. The molecule has 4 aromatic rings. The summed E-state index contributed by atoms with van der Waals surface area (Å²) >= 11 is 0. The van der Waals surface area contributed by atoms with Crippen molar-refractivity contribution in [1.29, 1.82) is 0 Å². The summed E-state index contributed by atoms with van der Waals surface area (Å²) in [7, 11) is 2.90. The number of H-pyrrole nitrogens is 1.